The van der Waals surface area contributed by atoms with E-state index in [-0.39, 0.29) is 23.2 Å². The molecule has 0 spiro atoms. The van der Waals surface area contributed by atoms with Crippen molar-refractivity contribution in [2.45, 2.75) is 25.4 Å². The quantitative estimate of drug-likeness (QED) is 0.390. The van der Waals surface area contributed by atoms with E-state index in [0.29, 0.717) is 29.0 Å². The van der Waals surface area contributed by atoms with Gasteiger partial charge in [-0.05, 0) is 31.4 Å². The number of amides is 1. The normalized spacial score (nSPS) is 13.0. The standard InChI is InChI=1S/C17H16N8O3.C5H10O/c1-18-13-8-12(23-14-10(15(26)19-2)9-21-25(13)14)22-11-4-3-6-24(16(11)27)17-20-5-7-28-17;1-6-5-3-2-4-5/h3-9,18H,1-2H3,(H,19,26)(H,22,23);5H,2-4H2,1H3. The molecule has 34 heavy (non-hydrogen) atoms. The van der Waals surface area contributed by atoms with E-state index in [1.54, 1.807) is 38.6 Å². The van der Waals surface area contributed by atoms with E-state index < -0.39 is 0 Å². The van der Waals surface area contributed by atoms with Crippen LogP contribution in [0.1, 0.15) is 29.6 Å². The Labute approximate surface area is 195 Å². The van der Waals surface area contributed by atoms with Crippen LogP contribution in [0.4, 0.5) is 17.3 Å². The Kier molecular flexibility index (Phi) is 6.87. The minimum atomic E-state index is -0.363. The summed E-state index contributed by atoms with van der Waals surface area (Å²) in [5, 5.41) is 12.7. The zero-order valence-corrected chi connectivity index (χ0v) is 19.1. The SMILES string of the molecule is CNC(=O)c1cnn2c(NC)cc(Nc3cccn(-c4ncco4)c3=O)nc12.COC1CCC1. The molecule has 3 N–H and O–H groups in total. The largest absolute Gasteiger partial charge is 0.432 e. The van der Waals surface area contributed by atoms with Crippen LogP contribution in [0.25, 0.3) is 11.7 Å². The molecule has 1 amide bonds. The minimum Gasteiger partial charge on any atom is -0.432 e. The van der Waals surface area contributed by atoms with Crippen LogP contribution in [0.3, 0.4) is 0 Å². The summed E-state index contributed by atoms with van der Waals surface area (Å²) in [5.74, 6) is 0.643. The number of nitrogens with zero attached hydrogens (tertiary/aromatic N) is 5. The third-order valence-electron chi connectivity index (χ3n) is 5.42. The number of pyridine rings is 1. The third-order valence-corrected chi connectivity index (χ3v) is 5.42. The predicted molar refractivity (Wildman–Crippen MR) is 126 cm³/mol. The molecule has 1 aliphatic carbocycles. The zero-order valence-electron chi connectivity index (χ0n) is 19.1. The molecule has 1 aliphatic rings. The monoisotopic (exact) mass is 466 g/mol. The minimum absolute atomic E-state index is 0.158. The fourth-order valence-corrected chi connectivity index (χ4v) is 3.32. The first-order valence-electron chi connectivity index (χ1n) is 10.8. The van der Waals surface area contributed by atoms with Gasteiger partial charge in [0.2, 0.25) is 0 Å². The number of hydrogen-bond acceptors (Lipinski definition) is 9. The van der Waals surface area contributed by atoms with Crippen LogP contribution in [0, 0.1) is 0 Å². The molecule has 0 bridgehead atoms. The van der Waals surface area contributed by atoms with E-state index in [9.17, 15) is 9.59 Å². The summed E-state index contributed by atoms with van der Waals surface area (Å²) in [4.78, 5) is 33.2. The Morgan fingerprint density at radius 1 is 1.29 bits per heavy atom. The second-order valence-corrected chi connectivity index (χ2v) is 7.47. The number of carbonyl (C=O) groups is 1. The van der Waals surface area contributed by atoms with Gasteiger partial charge in [0.15, 0.2) is 5.65 Å². The molecular formula is C22H26N8O4. The first kappa shape index (κ1) is 23.0. The Balaban J connectivity index is 0.000000398. The van der Waals surface area contributed by atoms with Gasteiger partial charge in [-0.2, -0.15) is 9.61 Å². The van der Waals surface area contributed by atoms with Crippen molar-refractivity contribution in [3.63, 3.8) is 0 Å². The molecule has 0 aliphatic heterocycles. The summed E-state index contributed by atoms with van der Waals surface area (Å²) in [6, 6.07) is 5.13. The first-order valence-corrected chi connectivity index (χ1v) is 10.8. The number of rotatable bonds is 6. The highest BCUT2D eigenvalue weighted by molar-refractivity contribution is 5.99. The van der Waals surface area contributed by atoms with Gasteiger partial charge in [-0.3, -0.25) is 9.59 Å². The lowest BCUT2D eigenvalue weighted by atomic mass is 9.96. The molecule has 0 radical (unpaired) electrons. The summed E-state index contributed by atoms with van der Waals surface area (Å²) in [6.07, 6.45) is 10.4. The lowest BCUT2D eigenvalue weighted by molar-refractivity contribution is 0.0412. The number of hydrogen-bond donors (Lipinski definition) is 3. The van der Waals surface area contributed by atoms with Crippen molar-refractivity contribution >= 4 is 28.9 Å². The van der Waals surface area contributed by atoms with Crippen LogP contribution >= 0.6 is 0 Å². The summed E-state index contributed by atoms with van der Waals surface area (Å²) >= 11 is 0. The van der Waals surface area contributed by atoms with Crippen molar-refractivity contribution in [3.05, 3.63) is 59.0 Å². The average molecular weight is 467 g/mol. The van der Waals surface area contributed by atoms with Gasteiger partial charge in [0.25, 0.3) is 11.5 Å². The Bertz CT molecular complexity index is 1320. The van der Waals surface area contributed by atoms with Gasteiger partial charge in [-0.25, -0.2) is 14.5 Å². The molecule has 178 valence electrons. The molecule has 0 saturated heterocycles. The van der Waals surface area contributed by atoms with Crippen LogP contribution < -0.4 is 21.5 Å². The van der Waals surface area contributed by atoms with Gasteiger partial charge in [0.1, 0.15) is 29.1 Å². The van der Waals surface area contributed by atoms with Crippen LogP contribution in [-0.2, 0) is 4.74 Å². The maximum atomic E-state index is 12.7. The fraction of sp³-hybridized carbons (Fsp3) is 0.318. The second-order valence-electron chi connectivity index (χ2n) is 7.47. The van der Waals surface area contributed by atoms with Crippen LogP contribution in [-0.4, -0.2) is 57.4 Å². The highest BCUT2D eigenvalue weighted by Gasteiger charge is 2.17. The molecule has 4 aromatic heterocycles. The molecule has 12 nitrogen and oxygen atoms in total. The van der Waals surface area contributed by atoms with E-state index in [1.807, 2.05) is 0 Å². The van der Waals surface area contributed by atoms with Crippen molar-refractivity contribution in [2.24, 2.45) is 0 Å². The van der Waals surface area contributed by atoms with Gasteiger partial charge >= 0.3 is 6.01 Å². The first-order chi connectivity index (χ1) is 16.5. The molecule has 4 aromatic rings. The Hall–Kier alpha value is -4.19. The highest BCUT2D eigenvalue weighted by atomic mass is 16.5. The van der Waals surface area contributed by atoms with Crippen molar-refractivity contribution in [2.75, 3.05) is 31.8 Å². The molecule has 0 unspecified atom stereocenters. The number of ether oxygens (including phenoxy) is 1. The number of nitrogens with one attached hydrogen (secondary N) is 3. The fourth-order valence-electron chi connectivity index (χ4n) is 3.32. The van der Waals surface area contributed by atoms with Gasteiger partial charge in [0.05, 0.1) is 18.5 Å². The Morgan fingerprint density at radius 2 is 2.12 bits per heavy atom. The van der Waals surface area contributed by atoms with E-state index in [0.717, 1.165) is 0 Å². The number of anilines is 3. The van der Waals surface area contributed by atoms with E-state index >= 15 is 0 Å². The molecule has 4 heterocycles. The van der Waals surface area contributed by atoms with E-state index in [4.69, 9.17) is 9.15 Å². The molecule has 0 atom stereocenters. The maximum absolute atomic E-state index is 12.7. The van der Waals surface area contributed by atoms with Gasteiger partial charge in [0, 0.05) is 33.5 Å². The molecule has 12 heteroatoms. The van der Waals surface area contributed by atoms with Crippen LogP contribution in [0.5, 0.6) is 0 Å². The second kappa shape index (κ2) is 10.2. The molecule has 5 rings (SSSR count). The van der Waals surface area contributed by atoms with Gasteiger partial charge in [-0.15, -0.1) is 0 Å². The lowest BCUT2D eigenvalue weighted by Gasteiger charge is -2.22. The molecule has 0 aromatic carbocycles. The van der Waals surface area contributed by atoms with Crippen LogP contribution in [0.15, 0.2) is 52.3 Å². The molecule has 1 fully saturated rings. The van der Waals surface area contributed by atoms with Crippen molar-refractivity contribution in [3.8, 4) is 6.01 Å². The van der Waals surface area contributed by atoms with Crippen LogP contribution in [0.2, 0.25) is 0 Å². The number of aromatic nitrogens is 5. The molecular weight excluding hydrogens is 440 g/mol. The summed E-state index contributed by atoms with van der Waals surface area (Å²) in [7, 11) is 5.03. The number of carbonyl (C=O) groups excluding carboxylic acids is 1. The lowest BCUT2D eigenvalue weighted by Crippen LogP contribution is -2.21. The summed E-state index contributed by atoms with van der Waals surface area (Å²) in [6.45, 7) is 0. The molecule has 1 saturated carbocycles. The predicted octanol–water partition coefficient (Wildman–Crippen LogP) is 2.20. The topological polar surface area (TPSA) is 141 Å². The van der Waals surface area contributed by atoms with E-state index in [1.165, 1.54) is 54.0 Å². The number of methoxy groups -OCH3 is 1. The van der Waals surface area contributed by atoms with Crippen molar-refractivity contribution in [1.82, 2.24) is 29.5 Å². The third kappa shape index (κ3) is 4.62. The van der Waals surface area contributed by atoms with Crippen molar-refractivity contribution < 1.29 is 13.9 Å². The highest BCUT2D eigenvalue weighted by Crippen LogP contribution is 2.21. The number of fused-ring (bicyclic) bond motifs is 1. The summed E-state index contributed by atoms with van der Waals surface area (Å²) in [5.41, 5.74) is 0.559. The van der Waals surface area contributed by atoms with Crippen molar-refractivity contribution in [1.29, 1.82) is 0 Å². The Morgan fingerprint density at radius 3 is 2.71 bits per heavy atom. The maximum Gasteiger partial charge on any atom is 0.308 e. The average Bonchev–Trinajstić information content (AvgIpc) is 3.49. The number of oxazole rings is 1. The van der Waals surface area contributed by atoms with Gasteiger partial charge in [-0.1, -0.05) is 0 Å². The zero-order chi connectivity index (χ0) is 24.1. The van der Waals surface area contributed by atoms with E-state index in [2.05, 4.69) is 31.0 Å². The smallest absolute Gasteiger partial charge is 0.308 e. The summed E-state index contributed by atoms with van der Waals surface area (Å²) < 4.78 is 13.0. The van der Waals surface area contributed by atoms with Gasteiger partial charge < -0.3 is 25.1 Å².